The van der Waals surface area contributed by atoms with Gasteiger partial charge in [-0.3, -0.25) is 14.8 Å². The molecule has 0 radical (unpaired) electrons. The number of hydrogen-bond donors (Lipinski definition) is 2. The van der Waals surface area contributed by atoms with Gasteiger partial charge in [-0.15, -0.1) is 0 Å². The summed E-state index contributed by atoms with van der Waals surface area (Å²) in [6.45, 7) is 2.37. The topological polar surface area (TPSA) is 96.5 Å². The van der Waals surface area contributed by atoms with Gasteiger partial charge in [-0.05, 0) is 30.7 Å². The van der Waals surface area contributed by atoms with E-state index in [2.05, 4.69) is 20.0 Å². The van der Waals surface area contributed by atoms with Crippen LogP contribution in [0.15, 0.2) is 46.8 Å². The molecule has 6 nitrogen and oxygen atoms in total. The van der Waals surface area contributed by atoms with Crippen molar-refractivity contribution in [3.63, 3.8) is 0 Å². The third-order valence-electron chi connectivity index (χ3n) is 2.83. The van der Waals surface area contributed by atoms with Gasteiger partial charge in [0, 0.05) is 48.0 Å². The minimum Gasteiger partial charge on any atom is -0.366 e. The molecule has 0 saturated carbocycles. The second kappa shape index (κ2) is 7.68. The standard InChI is InChI=1S/C16H17N5O/c1-2-18-6-3-7-19-9-12-8-14-13(4-5-15(17)22)11-21-16(14)20-10-12/h2-8,10-11H,9H2,1H3,(H2,17,22)(H,20,21)/b5-4+,6-3-,18-2-,19-7+. The number of nitrogens with one attached hydrogen (secondary N) is 1. The van der Waals surface area contributed by atoms with Crippen molar-refractivity contribution in [3.8, 4) is 0 Å². The van der Waals surface area contributed by atoms with Gasteiger partial charge in [0.1, 0.15) is 5.65 Å². The van der Waals surface area contributed by atoms with Crippen molar-refractivity contribution in [2.24, 2.45) is 15.7 Å². The van der Waals surface area contributed by atoms with E-state index in [1.807, 2.05) is 13.0 Å². The zero-order valence-corrected chi connectivity index (χ0v) is 12.2. The Morgan fingerprint density at radius 1 is 1.50 bits per heavy atom. The van der Waals surface area contributed by atoms with Crippen molar-refractivity contribution in [1.82, 2.24) is 9.97 Å². The number of rotatable bonds is 6. The second-order valence-electron chi connectivity index (χ2n) is 4.46. The normalized spacial score (nSPS) is 12.6. The third-order valence-corrected chi connectivity index (χ3v) is 2.83. The fourth-order valence-electron chi connectivity index (χ4n) is 1.86. The van der Waals surface area contributed by atoms with Crippen LogP contribution in [0.2, 0.25) is 0 Å². The van der Waals surface area contributed by atoms with E-state index >= 15 is 0 Å². The molecule has 0 aliphatic rings. The molecule has 3 N–H and O–H groups in total. The van der Waals surface area contributed by atoms with Crippen molar-refractivity contribution < 1.29 is 4.79 Å². The first kappa shape index (κ1) is 15.4. The predicted molar refractivity (Wildman–Crippen MR) is 89.8 cm³/mol. The Hall–Kier alpha value is -3.02. The van der Waals surface area contributed by atoms with Crippen LogP contribution in [0.5, 0.6) is 0 Å². The number of allylic oxidation sites excluding steroid dienone is 1. The highest BCUT2D eigenvalue weighted by atomic mass is 16.1. The van der Waals surface area contributed by atoms with Gasteiger partial charge >= 0.3 is 0 Å². The van der Waals surface area contributed by atoms with Crippen LogP contribution in [-0.4, -0.2) is 28.3 Å². The number of aromatic nitrogens is 2. The number of nitrogens with two attached hydrogens (primary N) is 1. The zero-order chi connectivity index (χ0) is 15.8. The lowest BCUT2D eigenvalue weighted by atomic mass is 10.1. The van der Waals surface area contributed by atoms with E-state index in [1.165, 1.54) is 6.08 Å². The molecule has 2 rings (SSSR count). The molecule has 0 aliphatic heterocycles. The highest BCUT2D eigenvalue weighted by Crippen LogP contribution is 2.19. The fraction of sp³-hybridized carbons (Fsp3) is 0.125. The highest BCUT2D eigenvalue weighted by Gasteiger charge is 2.03. The average molecular weight is 295 g/mol. The lowest BCUT2D eigenvalue weighted by Gasteiger charge is -1.97. The number of aromatic amines is 1. The Labute approximate surface area is 128 Å². The molecule has 2 aromatic heterocycles. The van der Waals surface area contributed by atoms with Crippen LogP contribution in [0.4, 0.5) is 0 Å². The Balaban J connectivity index is 2.15. The zero-order valence-electron chi connectivity index (χ0n) is 12.2. The maximum Gasteiger partial charge on any atom is 0.241 e. The molecular formula is C16H17N5O. The molecule has 1 amide bonds. The molecule has 0 unspecified atom stereocenters. The Bertz CT molecular complexity index is 768. The fourth-order valence-corrected chi connectivity index (χ4v) is 1.86. The van der Waals surface area contributed by atoms with Gasteiger partial charge in [-0.1, -0.05) is 0 Å². The van der Waals surface area contributed by atoms with Crippen LogP contribution in [0, 0.1) is 0 Å². The molecule has 112 valence electrons. The van der Waals surface area contributed by atoms with Gasteiger partial charge in [0.05, 0.1) is 6.54 Å². The quantitative estimate of drug-likeness (QED) is 0.631. The van der Waals surface area contributed by atoms with E-state index in [9.17, 15) is 4.79 Å². The lowest BCUT2D eigenvalue weighted by molar-refractivity contribution is -0.113. The summed E-state index contributed by atoms with van der Waals surface area (Å²) in [6.07, 6.45) is 13.4. The number of hydrogen-bond acceptors (Lipinski definition) is 4. The van der Waals surface area contributed by atoms with Gasteiger partial charge in [-0.2, -0.15) is 0 Å². The monoisotopic (exact) mass is 295 g/mol. The first-order valence-corrected chi connectivity index (χ1v) is 6.77. The molecule has 6 heteroatoms. The molecule has 2 heterocycles. The summed E-state index contributed by atoms with van der Waals surface area (Å²) in [5.74, 6) is -0.482. The number of amides is 1. The smallest absolute Gasteiger partial charge is 0.241 e. The van der Waals surface area contributed by atoms with E-state index in [-0.39, 0.29) is 0 Å². The van der Waals surface area contributed by atoms with Gasteiger partial charge in [0.2, 0.25) is 5.91 Å². The molecule has 0 aromatic carbocycles. The predicted octanol–water partition coefficient (Wildman–Crippen LogP) is 2.24. The number of carbonyl (C=O) groups excluding carboxylic acids is 1. The Morgan fingerprint density at radius 3 is 3.14 bits per heavy atom. The minimum atomic E-state index is -0.482. The molecular weight excluding hydrogens is 278 g/mol. The van der Waals surface area contributed by atoms with Crippen molar-refractivity contribution in [3.05, 3.63) is 47.9 Å². The Kier molecular flexibility index (Phi) is 5.37. The van der Waals surface area contributed by atoms with Crippen LogP contribution in [0.3, 0.4) is 0 Å². The van der Waals surface area contributed by atoms with E-state index in [4.69, 9.17) is 5.73 Å². The molecule has 0 atom stereocenters. The average Bonchev–Trinajstić information content (AvgIpc) is 2.91. The van der Waals surface area contributed by atoms with Gasteiger partial charge in [-0.25, -0.2) is 4.98 Å². The summed E-state index contributed by atoms with van der Waals surface area (Å²) >= 11 is 0. The number of aliphatic imine (C=N–C) groups is 2. The summed E-state index contributed by atoms with van der Waals surface area (Å²) in [5.41, 5.74) is 7.71. The third kappa shape index (κ3) is 4.24. The number of nitrogens with zero attached hydrogens (tertiary/aromatic N) is 3. The lowest BCUT2D eigenvalue weighted by Crippen LogP contribution is -2.04. The molecule has 0 spiro atoms. The van der Waals surface area contributed by atoms with E-state index in [1.54, 1.807) is 43.2 Å². The molecule has 2 aromatic rings. The van der Waals surface area contributed by atoms with Gasteiger partial charge in [0.15, 0.2) is 0 Å². The molecule has 0 aliphatic carbocycles. The van der Waals surface area contributed by atoms with Crippen LogP contribution >= 0.6 is 0 Å². The molecule has 0 bridgehead atoms. The molecule has 0 fully saturated rings. The van der Waals surface area contributed by atoms with Crippen LogP contribution in [-0.2, 0) is 11.3 Å². The summed E-state index contributed by atoms with van der Waals surface area (Å²) < 4.78 is 0. The van der Waals surface area contributed by atoms with Crippen molar-refractivity contribution in [2.45, 2.75) is 13.5 Å². The SMILES string of the molecule is C\C=N/C=C\C=N\Cc1cnc2[nH]cc(/C=C/C(N)=O)c2c1. The summed E-state index contributed by atoms with van der Waals surface area (Å²) in [6, 6.07) is 1.99. The summed E-state index contributed by atoms with van der Waals surface area (Å²) in [5, 5.41) is 0.927. The van der Waals surface area contributed by atoms with Crippen molar-refractivity contribution in [2.75, 3.05) is 0 Å². The summed E-state index contributed by atoms with van der Waals surface area (Å²) in [7, 11) is 0. The minimum absolute atomic E-state index is 0.482. The van der Waals surface area contributed by atoms with E-state index in [0.29, 0.717) is 6.54 Å². The number of primary amides is 1. The number of H-pyrrole nitrogens is 1. The molecule has 22 heavy (non-hydrogen) atoms. The number of fused-ring (bicyclic) bond motifs is 1. The van der Waals surface area contributed by atoms with Crippen LogP contribution in [0.25, 0.3) is 17.1 Å². The summed E-state index contributed by atoms with van der Waals surface area (Å²) in [4.78, 5) is 26.4. The van der Waals surface area contributed by atoms with Crippen LogP contribution < -0.4 is 5.73 Å². The van der Waals surface area contributed by atoms with Crippen LogP contribution in [0.1, 0.15) is 18.1 Å². The molecule has 0 saturated heterocycles. The largest absolute Gasteiger partial charge is 0.366 e. The number of pyridine rings is 1. The number of carbonyl (C=O) groups is 1. The van der Waals surface area contributed by atoms with Gasteiger partial charge < -0.3 is 10.7 Å². The van der Waals surface area contributed by atoms with E-state index < -0.39 is 5.91 Å². The first-order chi connectivity index (χ1) is 10.7. The Morgan fingerprint density at radius 2 is 2.36 bits per heavy atom. The van der Waals surface area contributed by atoms with Gasteiger partial charge in [0.25, 0.3) is 0 Å². The van der Waals surface area contributed by atoms with Crippen molar-refractivity contribution >= 4 is 35.4 Å². The highest BCUT2D eigenvalue weighted by molar-refractivity contribution is 5.94. The van der Waals surface area contributed by atoms with E-state index in [0.717, 1.165) is 22.2 Å². The maximum atomic E-state index is 10.8. The van der Waals surface area contributed by atoms with Crippen molar-refractivity contribution in [1.29, 1.82) is 0 Å². The first-order valence-electron chi connectivity index (χ1n) is 6.77. The maximum absolute atomic E-state index is 10.8. The second-order valence-corrected chi connectivity index (χ2v) is 4.46.